The van der Waals surface area contributed by atoms with Gasteiger partial charge in [-0.25, -0.2) is 4.79 Å². The molecule has 33 heavy (non-hydrogen) atoms. The Hall–Kier alpha value is -3.01. The molecule has 4 rings (SSSR count). The van der Waals surface area contributed by atoms with E-state index in [1.165, 1.54) is 18.4 Å². The number of anilines is 2. The fraction of sp³-hybridized carbons (Fsp3) is 0.125. The number of esters is 1. The van der Waals surface area contributed by atoms with E-state index in [1.807, 2.05) is 78.5 Å². The van der Waals surface area contributed by atoms with Crippen molar-refractivity contribution in [1.82, 2.24) is 9.78 Å². The lowest BCUT2D eigenvalue weighted by molar-refractivity contribution is 0.0603. The van der Waals surface area contributed by atoms with E-state index in [-0.39, 0.29) is 0 Å². The number of nitrogens with zero attached hydrogens (tertiary/aromatic N) is 2. The largest absolute Gasteiger partial charge is 0.465 e. The molecule has 0 unspecified atom stereocenters. The number of thiocarbonyl (C=S) groups is 1. The average molecular weight is 541 g/mol. The highest BCUT2D eigenvalue weighted by Crippen LogP contribution is 2.40. The number of ether oxygens (including phenoxy) is 1. The van der Waals surface area contributed by atoms with E-state index >= 15 is 0 Å². The molecule has 0 atom stereocenters. The van der Waals surface area contributed by atoms with Gasteiger partial charge in [0, 0.05) is 27.2 Å². The van der Waals surface area contributed by atoms with Crippen LogP contribution in [0.4, 0.5) is 10.8 Å². The predicted octanol–water partition coefficient (Wildman–Crippen LogP) is 6.33. The van der Waals surface area contributed by atoms with Gasteiger partial charge < -0.3 is 15.4 Å². The fourth-order valence-corrected chi connectivity index (χ4v) is 5.03. The molecule has 0 saturated heterocycles. The monoisotopic (exact) mass is 540 g/mol. The van der Waals surface area contributed by atoms with E-state index in [0.29, 0.717) is 28.0 Å². The molecular weight excluding hydrogens is 520 g/mol. The van der Waals surface area contributed by atoms with Crippen molar-refractivity contribution in [2.45, 2.75) is 13.5 Å². The number of carbonyl (C=O) groups is 1. The average Bonchev–Trinajstić information content (AvgIpc) is 3.38. The number of nitrogens with one attached hydrogen (secondary N) is 2. The first-order chi connectivity index (χ1) is 15.9. The van der Waals surface area contributed by atoms with Crippen LogP contribution in [0.1, 0.15) is 20.8 Å². The number of carbonyl (C=O) groups excluding carboxylic acids is 1. The first-order valence-electron chi connectivity index (χ1n) is 10.1. The summed E-state index contributed by atoms with van der Waals surface area (Å²) in [5.41, 5.74) is 3.40. The number of methoxy groups -OCH3 is 1. The molecule has 2 N–H and O–H groups in total. The van der Waals surface area contributed by atoms with Gasteiger partial charge in [0.05, 0.1) is 13.7 Å². The first-order valence-corrected chi connectivity index (χ1v) is 12.1. The highest BCUT2D eigenvalue weighted by Gasteiger charge is 2.24. The molecule has 0 aliphatic heterocycles. The number of hydrogen-bond donors (Lipinski definition) is 2. The van der Waals surface area contributed by atoms with Crippen molar-refractivity contribution in [2.75, 3.05) is 17.7 Å². The van der Waals surface area contributed by atoms with Crippen LogP contribution in [0.25, 0.3) is 11.1 Å². The summed E-state index contributed by atoms with van der Waals surface area (Å²) in [5, 5.41) is 11.8. The Morgan fingerprint density at radius 1 is 1.12 bits per heavy atom. The van der Waals surface area contributed by atoms with Gasteiger partial charge in [-0.3, -0.25) is 4.68 Å². The van der Waals surface area contributed by atoms with E-state index in [1.54, 1.807) is 0 Å². The van der Waals surface area contributed by atoms with Gasteiger partial charge in [0.25, 0.3) is 0 Å². The summed E-state index contributed by atoms with van der Waals surface area (Å²) in [6.07, 6.45) is 1.88. The third-order valence-electron chi connectivity index (χ3n) is 4.90. The van der Waals surface area contributed by atoms with Gasteiger partial charge >= 0.3 is 5.97 Å². The van der Waals surface area contributed by atoms with E-state index in [2.05, 4.69) is 31.7 Å². The van der Waals surface area contributed by atoms with Crippen LogP contribution in [-0.2, 0) is 11.3 Å². The Kier molecular flexibility index (Phi) is 7.22. The van der Waals surface area contributed by atoms with Crippen LogP contribution in [0.15, 0.2) is 71.3 Å². The summed E-state index contributed by atoms with van der Waals surface area (Å²) in [6.45, 7) is 2.62. The van der Waals surface area contributed by atoms with Crippen LogP contribution in [0.3, 0.4) is 0 Å². The van der Waals surface area contributed by atoms with Crippen LogP contribution in [0, 0.1) is 6.92 Å². The Morgan fingerprint density at radius 2 is 1.85 bits per heavy atom. The molecule has 2 aromatic heterocycles. The highest BCUT2D eigenvalue weighted by atomic mass is 79.9. The lowest BCUT2D eigenvalue weighted by Gasteiger charge is -2.10. The van der Waals surface area contributed by atoms with Gasteiger partial charge in [0.2, 0.25) is 0 Å². The molecule has 0 radical (unpaired) electrons. The van der Waals surface area contributed by atoms with E-state index in [9.17, 15) is 4.79 Å². The zero-order chi connectivity index (χ0) is 23.4. The zero-order valence-corrected chi connectivity index (χ0v) is 21.2. The number of halogens is 1. The Balaban J connectivity index is 1.50. The molecular formula is C24H21BrN4O2S2. The molecule has 0 saturated carbocycles. The highest BCUT2D eigenvalue weighted by molar-refractivity contribution is 9.10. The molecule has 2 heterocycles. The number of aryl methyl sites for hydroxylation is 1. The van der Waals surface area contributed by atoms with E-state index in [0.717, 1.165) is 26.0 Å². The summed E-state index contributed by atoms with van der Waals surface area (Å²) >= 11 is 10.4. The number of aromatic nitrogens is 2. The van der Waals surface area contributed by atoms with Crippen LogP contribution >= 0.6 is 39.5 Å². The molecule has 0 spiro atoms. The maximum atomic E-state index is 12.6. The van der Waals surface area contributed by atoms with Gasteiger partial charge in [0.15, 0.2) is 10.9 Å². The van der Waals surface area contributed by atoms with Crippen molar-refractivity contribution < 1.29 is 9.53 Å². The summed E-state index contributed by atoms with van der Waals surface area (Å²) in [7, 11) is 1.38. The Bertz CT molecular complexity index is 1280. The minimum Gasteiger partial charge on any atom is -0.465 e. The third-order valence-corrected chi connectivity index (χ3v) is 6.66. The summed E-state index contributed by atoms with van der Waals surface area (Å²) < 4.78 is 7.93. The molecule has 4 aromatic rings. The maximum Gasteiger partial charge on any atom is 0.341 e. The molecule has 0 bridgehead atoms. The van der Waals surface area contributed by atoms with Gasteiger partial charge in [-0.15, -0.1) is 11.3 Å². The van der Waals surface area contributed by atoms with Crippen molar-refractivity contribution in [1.29, 1.82) is 0 Å². The van der Waals surface area contributed by atoms with Gasteiger partial charge in [-0.1, -0.05) is 58.4 Å². The minimum absolute atomic E-state index is 0.343. The van der Waals surface area contributed by atoms with E-state index in [4.69, 9.17) is 17.0 Å². The van der Waals surface area contributed by atoms with Crippen molar-refractivity contribution in [3.05, 3.63) is 87.3 Å². The predicted molar refractivity (Wildman–Crippen MR) is 141 cm³/mol. The quantitative estimate of drug-likeness (QED) is 0.220. The second kappa shape index (κ2) is 10.3. The van der Waals surface area contributed by atoms with Crippen LogP contribution in [0.5, 0.6) is 0 Å². The fourth-order valence-electron chi connectivity index (χ4n) is 3.43. The number of rotatable bonds is 6. The molecule has 2 aromatic carbocycles. The standard InChI is InChI=1S/C24H21BrN4O2S2/c1-15-20(17-6-4-3-5-7-17)21(23(30)31-2)22(33-15)27-24(32)26-19-12-13-29(28-19)14-16-8-10-18(25)11-9-16/h3-13H,14H2,1-2H3,(H2,26,27,28,32). The molecule has 6 nitrogen and oxygen atoms in total. The molecule has 168 valence electrons. The normalized spacial score (nSPS) is 10.6. The van der Waals surface area contributed by atoms with Crippen molar-refractivity contribution in [2.24, 2.45) is 0 Å². The SMILES string of the molecule is COC(=O)c1c(NC(=S)Nc2ccn(Cc3ccc(Br)cc3)n2)sc(C)c1-c1ccccc1. The minimum atomic E-state index is -0.415. The lowest BCUT2D eigenvalue weighted by Crippen LogP contribution is -2.20. The number of benzene rings is 2. The first kappa shape index (κ1) is 23.2. The Labute approximate surface area is 209 Å². The maximum absolute atomic E-state index is 12.6. The molecule has 0 aliphatic rings. The Morgan fingerprint density at radius 3 is 2.55 bits per heavy atom. The molecule has 0 amide bonds. The molecule has 0 fully saturated rings. The second-order valence-electron chi connectivity index (χ2n) is 7.20. The van der Waals surface area contributed by atoms with Crippen molar-refractivity contribution in [3.8, 4) is 11.1 Å². The zero-order valence-electron chi connectivity index (χ0n) is 18.0. The summed E-state index contributed by atoms with van der Waals surface area (Å²) in [6, 6.07) is 19.7. The lowest BCUT2D eigenvalue weighted by atomic mass is 10.0. The smallest absolute Gasteiger partial charge is 0.341 e. The van der Waals surface area contributed by atoms with Crippen molar-refractivity contribution in [3.63, 3.8) is 0 Å². The summed E-state index contributed by atoms with van der Waals surface area (Å²) in [4.78, 5) is 13.6. The molecule has 0 aliphatic carbocycles. The van der Waals surface area contributed by atoms with Gasteiger partial charge in [-0.2, -0.15) is 5.10 Å². The van der Waals surface area contributed by atoms with Crippen molar-refractivity contribution >= 4 is 61.4 Å². The second-order valence-corrected chi connectivity index (χ2v) is 9.75. The van der Waals surface area contributed by atoms with Gasteiger partial charge in [-0.05, 0) is 42.4 Å². The van der Waals surface area contributed by atoms with Crippen LogP contribution in [-0.4, -0.2) is 28.0 Å². The number of thiophene rings is 1. The number of hydrogen-bond acceptors (Lipinski definition) is 5. The van der Waals surface area contributed by atoms with Crippen LogP contribution in [0.2, 0.25) is 0 Å². The summed E-state index contributed by atoms with van der Waals surface area (Å²) in [5.74, 6) is 0.197. The molecule has 9 heteroatoms. The third kappa shape index (κ3) is 5.50. The van der Waals surface area contributed by atoms with Crippen LogP contribution < -0.4 is 10.6 Å². The van der Waals surface area contributed by atoms with E-state index < -0.39 is 5.97 Å². The topological polar surface area (TPSA) is 68.2 Å². The van der Waals surface area contributed by atoms with Gasteiger partial charge in [0.1, 0.15) is 10.6 Å².